The largest absolute Gasteiger partial charge is 0.478 e. The topological polar surface area (TPSA) is 70.8 Å². The fourth-order valence-electron chi connectivity index (χ4n) is 2.32. The second kappa shape index (κ2) is 7.73. The molecule has 0 spiro atoms. The van der Waals surface area contributed by atoms with E-state index in [0.717, 1.165) is 5.56 Å². The van der Waals surface area contributed by atoms with Crippen molar-refractivity contribution in [2.75, 3.05) is 6.54 Å². The number of carbonyl (C=O) groups excluding carboxylic acids is 1. The highest BCUT2D eigenvalue weighted by Gasteiger charge is 2.23. The highest BCUT2D eigenvalue weighted by molar-refractivity contribution is 6.42. The molecule has 24 heavy (non-hydrogen) atoms. The van der Waals surface area contributed by atoms with Crippen molar-refractivity contribution in [3.05, 3.63) is 57.0 Å². The van der Waals surface area contributed by atoms with Gasteiger partial charge in [-0.05, 0) is 24.6 Å². The van der Waals surface area contributed by atoms with E-state index in [1.165, 1.54) is 6.07 Å². The first-order valence-electron chi connectivity index (χ1n) is 7.46. The molecule has 0 atom stereocenters. The number of rotatable bonds is 6. The molecule has 1 aromatic carbocycles. The molecule has 1 aromatic heterocycles. The zero-order chi connectivity index (χ0) is 17.9. The first-order chi connectivity index (χ1) is 11.4. The Bertz CT molecular complexity index is 770. The third kappa shape index (κ3) is 3.91. The van der Waals surface area contributed by atoms with E-state index in [1.54, 1.807) is 30.0 Å². The Labute approximate surface area is 149 Å². The van der Waals surface area contributed by atoms with Gasteiger partial charge >= 0.3 is 5.97 Å². The quantitative estimate of drug-likeness (QED) is 0.812. The lowest BCUT2D eigenvalue weighted by atomic mass is 10.2. The van der Waals surface area contributed by atoms with Crippen LogP contribution in [0.3, 0.4) is 0 Å². The van der Waals surface area contributed by atoms with E-state index in [2.05, 4.69) is 0 Å². The molecular formula is C17H17Cl2NO4. The smallest absolute Gasteiger partial charge is 0.339 e. The van der Waals surface area contributed by atoms with Crippen molar-refractivity contribution in [2.45, 2.75) is 26.8 Å². The van der Waals surface area contributed by atoms with Gasteiger partial charge in [-0.3, -0.25) is 4.79 Å². The summed E-state index contributed by atoms with van der Waals surface area (Å²) in [5.41, 5.74) is 0.840. The number of halogens is 2. The first kappa shape index (κ1) is 18.4. The molecule has 1 heterocycles. The van der Waals surface area contributed by atoms with Gasteiger partial charge < -0.3 is 14.4 Å². The molecule has 1 N–H and O–H groups in total. The molecule has 2 rings (SSSR count). The SMILES string of the molecule is CCc1oc(C(=O)N(CC)Cc2ccc(Cl)c(Cl)c2)cc1C(=O)O. The van der Waals surface area contributed by atoms with E-state index in [1.807, 2.05) is 6.92 Å². The van der Waals surface area contributed by atoms with Crippen LogP contribution in [0.2, 0.25) is 10.0 Å². The summed E-state index contributed by atoms with van der Waals surface area (Å²) in [5.74, 6) is -1.17. The second-order valence-corrected chi connectivity index (χ2v) is 5.99. The molecule has 128 valence electrons. The van der Waals surface area contributed by atoms with Crippen LogP contribution in [0.25, 0.3) is 0 Å². The first-order valence-corrected chi connectivity index (χ1v) is 8.22. The third-order valence-electron chi connectivity index (χ3n) is 3.60. The molecule has 0 bridgehead atoms. The molecule has 0 fully saturated rings. The van der Waals surface area contributed by atoms with Crippen molar-refractivity contribution < 1.29 is 19.1 Å². The number of nitrogens with zero attached hydrogens (tertiary/aromatic N) is 1. The van der Waals surface area contributed by atoms with E-state index >= 15 is 0 Å². The fourth-order valence-corrected chi connectivity index (χ4v) is 2.64. The molecule has 0 radical (unpaired) electrons. The van der Waals surface area contributed by atoms with E-state index in [9.17, 15) is 9.59 Å². The molecule has 0 aliphatic rings. The number of carboxylic acids is 1. The molecule has 0 saturated heterocycles. The summed E-state index contributed by atoms with van der Waals surface area (Å²) in [6.45, 7) is 4.35. The number of hydrogen-bond acceptors (Lipinski definition) is 3. The van der Waals surface area contributed by atoms with Gasteiger partial charge in [0, 0.05) is 25.6 Å². The van der Waals surface area contributed by atoms with E-state index in [0.29, 0.717) is 29.6 Å². The van der Waals surface area contributed by atoms with Crippen LogP contribution < -0.4 is 0 Å². The number of benzene rings is 1. The molecule has 7 heteroatoms. The minimum absolute atomic E-state index is 0.0196. The molecular weight excluding hydrogens is 353 g/mol. The Morgan fingerprint density at radius 2 is 1.88 bits per heavy atom. The van der Waals surface area contributed by atoms with Crippen LogP contribution in [0.1, 0.15) is 46.1 Å². The normalized spacial score (nSPS) is 10.7. The Morgan fingerprint density at radius 1 is 1.17 bits per heavy atom. The average Bonchev–Trinajstić information content (AvgIpc) is 3.00. The Hall–Kier alpha value is -1.98. The summed E-state index contributed by atoms with van der Waals surface area (Å²) in [6.07, 6.45) is 0.397. The van der Waals surface area contributed by atoms with Gasteiger partial charge in [0.1, 0.15) is 11.3 Å². The van der Waals surface area contributed by atoms with Gasteiger partial charge in [0.25, 0.3) is 5.91 Å². The fraction of sp³-hybridized carbons (Fsp3) is 0.294. The van der Waals surface area contributed by atoms with Crippen molar-refractivity contribution >= 4 is 35.1 Å². The van der Waals surface area contributed by atoms with Crippen LogP contribution >= 0.6 is 23.2 Å². The highest BCUT2D eigenvalue weighted by atomic mass is 35.5. The summed E-state index contributed by atoms with van der Waals surface area (Å²) in [7, 11) is 0. The number of hydrogen-bond donors (Lipinski definition) is 1. The lowest BCUT2D eigenvalue weighted by Gasteiger charge is -2.20. The monoisotopic (exact) mass is 369 g/mol. The standard InChI is InChI=1S/C17H17Cl2NO4/c1-3-14-11(17(22)23)8-15(24-14)16(21)20(4-2)9-10-5-6-12(18)13(19)7-10/h5-8H,3-4,9H2,1-2H3,(H,22,23). The van der Waals surface area contributed by atoms with Gasteiger partial charge in [-0.2, -0.15) is 0 Å². The number of carboxylic acid groups (broad SMARTS) is 1. The van der Waals surface area contributed by atoms with Crippen molar-refractivity contribution in [3.8, 4) is 0 Å². The molecule has 2 aromatic rings. The predicted octanol–water partition coefficient (Wildman–Crippen LogP) is 4.51. The maximum absolute atomic E-state index is 12.6. The zero-order valence-corrected chi connectivity index (χ0v) is 14.8. The minimum Gasteiger partial charge on any atom is -0.478 e. The molecule has 5 nitrogen and oxygen atoms in total. The minimum atomic E-state index is -1.11. The summed E-state index contributed by atoms with van der Waals surface area (Å²) in [6, 6.07) is 6.43. The van der Waals surface area contributed by atoms with Crippen molar-refractivity contribution in [1.82, 2.24) is 4.90 Å². The maximum Gasteiger partial charge on any atom is 0.339 e. The van der Waals surface area contributed by atoms with Crippen LogP contribution in [0, 0.1) is 0 Å². The van der Waals surface area contributed by atoms with Crippen LogP contribution in [0.15, 0.2) is 28.7 Å². The predicted molar refractivity (Wildman–Crippen MR) is 91.9 cm³/mol. The Balaban J connectivity index is 2.25. The molecule has 1 amide bonds. The van der Waals surface area contributed by atoms with Gasteiger partial charge in [-0.15, -0.1) is 0 Å². The molecule has 0 aliphatic heterocycles. The summed E-state index contributed by atoms with van der Waals surface area (Å²) >= 11 is 11.9. The van der Waals surface area contributed by atoms with Crippen LogP contribution in [-0.4, -0.2) is 28.4 Å². The summed E-state index contributed by atoms with van der Waals surface area (Å²) < 4.78 is 5.43. The van der Waals surface area contributed by atoms with Gasteiger partial charge in [0.15, 0.2) is 5.76 Å². The van der Waals surface area contributed by atoms with E-state index < -0.39 is 5.97 Å². The molecule has 0 saturated carbocycles. The number of aryl methyl sites for hydroxylation is 1. The number of amides is 1. The second-order valence-electron chi connectivity index (χ2n) is 5.17. The van der Waals surface area contributed by atoms with E-state index in [4.69, 9.17) is 32.7 Å². The van der Waals surface area contributed by atoms with Crippen molar-refractivity contribution in [1.29, 1.82) is 0 Å². The van der Waals surface area contributed by atoms with Crippen LogP contribution in [0.4, 0.5) is 0 Å². The van der Waals surface area contributed by atoms with Crippen molar-refractivity contribution in [2.24, 2.45) is 0 Å². The Morgan fingerprint density at radius 3 is 2.38 bits per heavy atom. The number of aromatic carboxylic acids is 1. The lowest BCUT2D eigenvalue weighted by Crippen LogP contribution is -2.30. The lowest BCUT2D eigenvalue weighted by molar-refractivity contribution is 0.0690. The maximum atomic E-state index is 12.6. The van der Waals surface area contributed by atoms with Crippen molar-refractivity contribution in [3.63, 3.8) is 0 Å². The van der Waals surface area contributed by atoms with Gasteiger partial charge in [0.2, 0.25) is 0 Å². The third-order valence-corrected chi connectivity index (χ3v) is 4.34. The zero-order valence-electron chi connectivity index (χ0n) is 13.3. The average molecular weight is 370 g/mol. The van der Waals surface area contributed by atoms with Gasteiger partial charge in [0.05, 0.1) is 10.0 Å². The van der Waals surface area contributed by atoms with E-state index in [-0.39, 0.29) is 23.0 Å². The highest BCUT2D eigenvalue weighted by Crippen LogP contribution is 2.24. The van der Waals surface area contributed by atoms with Gasteiger partial charge in [-0.25, -0.2) is 4.79 Å². The molecule has 0 aliphatic carbocycles. The Kier molecular flexibility index (Phi) is 5.91. The number of furan rings is 1. The van der Waals surface area contributed by atoms with Gasteiger partial charge in [-0.1, -0.05) is 36.2 Å². The summed E-state index contributed by atoms with van der Waals surface area (Å²) in [4.78, 5) is 25.4. The molecule has 0 unspecified atom stereocenters. The van der Waals surface area contributed by atoms with Crippen LogP contribution in [-0.2, 0) is 13.0 Å². The van der Waals surface area contributed by atoms with Crippen LogP contribution in [0.5, 0.6) is 0 Å². The number of carbonyl (C=O) groups is 2. The summed E-state index contributed by atoms with van der Waals surface area (Å²) in [5, 5.41) is 10.0.